The minimum atomic E-state index is -1.53. The Balaban J connectivity index is 2.00. The number of ketones is 1. The number of benzene rings is 1. The van der Waals surface area contributed by atoms with Crippen molar-refractivity contribution in [2.24, 2.45) is 0 Å². The molecule has 0 spiro atoms. The van der Waals surface area contributed by atoms with Crippen molar-refractivity contribution in [3.05, 3.63) is 41.0 Å². The minimum Gasteiger partial charge on any atom is -0.507 e. The highest BCUT2D eigenvalue weighted by Gasteiger charge is 2.26. The summed E-state index contributed by atoms with van der Waals surface area (Å²) in [5, 5.41) is 31.0. The Morgan fingerprint density at radius 3 is 2.50 bits per heavy atom. The molecule has 162 valence electrons. The molecule has 7 nitrogen and oxygen atoms in total. The second kappa shape index (κ2) is 9.45. The van der Waals surface area contributed by atoms with E-state index in [1.54, 1.807) is 38.1 Å². The van der Waals surface area contributed by atoms with Crippen molar-refractivity contribution in [1.82, 2.24) is 0 Å². The lowest BCUT2D eigenvalue weighted by Gasteiger charge is -2.21. The van der Waals surface area contributed by atoms with Crippen LogP contribution in [0.3, 0.4) is 0 Å². The normalized spacial score (nSPS) is 28.9. The summed E-state index contributed by atoms with van der Waals surface area (Å²) in [6, 6.07) is 3.39. The Morgan fingerprint density at radius 1 is 1.10 bits per heavy atom. The standard InChI is InChI=1S/C23H29NO6/c1-14-8-9-15(2)30-23(29)20-16(6-5-7-18(25)22(28)21(14)27)12-17(13-19(20)26)24-10-3-4-11-24/h5-6,8,12-13,15,18,22,25-26,28H,3-4,7,9-11H2,1-2H3/b6-5+,14-8-/t15-,18-,22-/m0/s1. The number of carbonyl (C=O) groups excluding carboxylic acids is 2. The summed E-state index contributed by atoms with van der Waals surface area (Å²) in [6.07, 6.45) is 3.83. The summed E-state index contributed by atoms with van der Waals surface area (Å²) < 4.78 is 5.49. The highest BCUT2D eigenvalue weighted by atomic mass is 16.5. The van der Waals surface area contributed by atoms with Gasteiger partial charge < -0.3 is 25.0 Å². The van der Waals surface area contributed by atoms with Gasteiger partial charge in [0.05, 0.1) is 6.10 Å². The molecule has 0 unspecified atom stereocenters. The lowest BCUT2D eigenvalue weighted by molar-refractivity contribution is -0.128. The molecule has 2 aliphatic heterocycles. The maximum absolute atomic E-state index is 12.8. The number of anilines is 1. The summed E-state index contributed by atoms with van der Waals surface area (Å²) in [6.45, 7) is 4.99. The van der Waals surface area contributed by atoms with Gasteiger partial charge >= 0.3 is 5.97 Å². The van der Waals surface area contributed by atoms with Gasteiger partial charge in [0.2, 0.25) is 0 Å². The van der Waals surface area contributed by atoms with Crippen LogP contribution in [0.5, 0.6) is 5.75 Å². The van der Waals surface area contributed by atoms with Crippen LogP contribution in [0.2, 0.25) is 0 Å². The fourth-order valence-electron chi connectivity index (χ4n) is 3.75. The number of aromatic hydroxyl groups is 1. The Hall–Kier alpha value is -2.64. The molecule has 0 aromatic heterocycles. The largest absolute Gasteiger partial charge is 0.507 e. The maximum Gasteiger partial charge on any atom is 0.342 e. The summed E-state index contributed by atoms with van der Waals surface area (Å²) >= 11 is 0. The number of nitrogens with zero attached hydrogens (tertiary/aromatic N) is 1. The van der Waals surface area contributed by atoms with Crippen LogP contribution in [0.15, 0.2) is 29.9 Å². The monoisotopic (exact) mass is 415 g/mol. The zero-order chi connectivity index (χ0) is 21.8. The van der Waals surface area contributed by atoms with Crippen LogP contribution >= 0.6 is 0 Å². The molecule has 1 fully saturated rings. The van der Waals surface area contributed by atoms with Crippen LogP contribution < -0.4 is 4.90 Å². The van der Waals surface area contributed by atoms with Crippen molar-refractivity contribution in [3.8, 4) is 5.75 Å². The number of hydrogen-bond acceptors (Lipinski definition) is 7. The van der Waals surface area contributed by atoms with Crippen molar-refractivity contribution < 1.29 is 29.6 Å². The van der Waals surface area contributed by atoms with Gasteiger partial charge in [0.1, 0.15) is 23.5 Å². The van der Waals surface area contributed by atoms with E-state index in [4.69, 9.17) is 4.74 Å². The number of carbonyl (C=O) groups is 2. The van der Waals surface area contributed by atoms with Gasteiger partial charge in [0, 0.05) is 31.3 Å². The molecule has 3 atom stereocenters. The second-order valence-electron chi connectivity index (χ2n) is 7.98. The number of rotatable bonds is 1. The number of fused-ring (bicyclic) bond motifs is 1. The van der Waals surface area contributed by atoms with Crippen molar-refractivity contribution >= 4 is 23.5 Å². The highest BCUT2D eigenvalue weighted by molar-refractivity contribution is 5.99. The van der Waals surface area contributed by atoms with E-state index in [1.165, 1.54) is 0 Å². The second-order valence-corrected chi connectivity index (χ2v) is 7.98. The molecular formula is C23H29NO6. The number of esters is 1. The van der Waals surface area contributed by atoms with Gasteiger partial charge in [-0.2, -0.15) is 0 Å². The quantitative estimate of drug-likeness (QED) is 0.605. The minimum absolute atomic E-state index is 0.0137. The van der Waals surface area contributed by atoms with Crippen molar-refractivity contribution in [2.75, 3.05) is 18.0 Å². The van der Waals surface area contributed by atoms with Gasteiger partial charge in [0.25, 0.3) is 0 Å². The summed E-state index contributed by atoms with van der Waals surface area (Å²) in [4.78, 5) is 27.2. The molecule has 3 rings (SSSR count). The number of aliphatic hydroxyl groups is 2. The molecular weight excluding hydrogens is 386 g/mol. The Bertz CT molecular complexity index is 869. The number of phenols is 1. The first-order valence-corrected chi connectivity index (χ1v) is 10.3. The number of phenolic OH excluding ortho intramolecular Hbond substituents is 1. The third-order valence-corrected chi connectivity index (χ3v) is 5.57. The van der Waals surface area contributed by atoms with Crippen LogP contribution in [-0.2, 0) is 9.53 Å². The first-order chi connectivity index (χ1) is 14.3. The number of aliphatic hydroxyl groups excluding tert-OH is 2. The van der Waals surface area contributed by atoms with E-state index < -0.39 is 30.1 Å². The molecule has 1 aromatic carbocycles. The SMILES string of the molecule is C/C1=C/C[C@H](C)OC(=O)c2c(O)cc(N3CCCC3)cc2/C=C/C[C@H](O)[C@H](O)C1=O. The van der Waals surface area contributed by atoms with E-state index in [0.717, 1.165) is 31.6 Å². The average molecular weight is 415 g/mol. The predicted octanol–water partition coefficient (Wildman–Crippen LogP) is 2.58. The highest BCUT2D eigenvalue weighted by Crippen LogP contribution is 2.32. The van der Waals surface area contributed by atoms with E-state index in [1.807, 2.05) is 6.07 Å². The van der Waals surface area contributed by atoms with E-state index in [-0.39, 0.29) is 24.2 Å². The van der Waals surface area contributed by atoms with Crippen LogP contribution in [0.25, 0.3) is 6.08 Å². The van der Waals surface area contributed by atoms with Crippen molar-refractivity contribution in [1.29, 1.82) is 0 Å². The summed E-state index contributed by atoms with van der Waals surface area (Å²) in [7, 11) is 0. The van der Waals surface area contributed by atoms with E-state index >= 15 is 0 Å². The first kappa shape index (κ1) is 22.1. The topological polar surface area (TPSA) is 107 Å². The molecule has 1 saturated heterocycles. The molecule has 0 amide bonds. The smallest absolute Gasteiger partial charge is 0.342 e. The lowest BCUT2D eigenvalue weighted by atomic mass is 9.98. The number of Topliss-reactive ketones (excluding diaryl/α,β-unsaturated/α-hetero) is 1. The van der Waals surface area contributed by atoms with E-state index in [0.29, 0.717) is 11.1 Å². The molecule has 0 saturated carbocycles. The van der Waals surface area contributed by atoms with Crippen LogP contribution in [-0.4, -0.2) is 58.5 Å². The third kappa shape index (κ3) is 4.91. The summed E-state index contributed by atoms with van der Waals surface area (Å²) in [5.74, 6) is -1.37. The van der Waals surface area contributed by atoms with Gasteiger partial charge in [0.15, 0.2) is 5.78 Å². The molecule has 0 radical (unpaired) electrons. The molecule has 1 aromatic rings. The Kier molecular flexibility index (Phi) is 6.95. The van der Waals surface area contributed by atoms with Crippen molar-refractivity contribution in [3.63, 3.8) is 0 Å². The number of ether oxygens (including phenoxy) is 1. The lowest BCUT2D eigenvalue weighted by Crippen LogP contribution is -2.34. The zero-order valence-corrected chi connectivity index (χ0v) is 17.4. The molecule has 30 heavy (non-hydrogen) atoms. The van der Waals surface area contributed by atoms with Crippen LogP contribution in [0.1, 0.15) is 55.5 Å². The van der Waals surface area contributed by atoms with Gasteiger partial charge in [-0.05, 0) is 50.3 Å². The Labute approximate surface area is 176 Å². The zero-order valence-electron chi connectivity index (χ0n) is 17.4. The molecule has 3 N–H and O–H groups in total. The molecule has 2 aliphatic rings. The first-order valence-electron chi connectivity index (χ1n) is 10.3. The molecule has 2 heterocycles. The summed E-state index contributed by atoms with van der Waals surface area (Å²) in [5.41, 5.74) is 1.63. The Morgan fingerprint density at radius 2 is 1.80 bits per heavy atom. The fraction of sp³-hybridized carbons (Fsp3) is 0.478. The van der Waals surface area contributed by atoms with Crippen molar-refractivity contribution in [2.45, 2.75) is 57.8 Å². The van der Waals surface area contributed by atoms with Gasteiger partial charge in [-0.25, -0.2) is 4.79 Å². The molecule has 7 heteroatoms. The maximum atomic E-state index is 12.8. The van der Waals surface area contributed by atoms with Gasteiger partial charge in [-0.3, -0.25) is 4.79 Å². The third-order valence-electron chi connectivity index (χ3n) is 5.57. The molecule has 0 bridgehead atoms. The fourth-order valence-corrected chi connectivity index (χ4v) is 3.75. The number of hydrogen-bond donors (Lipinski definition) is 3. The average Bonchev–Trinajstić information content (AvgIpc) is 3.24. The van der Waals surface area contributed by atoms with Crippen LogP contribution in [0, 0.1) is 0 Å². The van der Waals surface area contributed by atoms with Gasteiger partial charge in [-0.1, -0.05) is 18.2 Å². The number of cyclic esters (lactones) is 1. The molecule has 0 aliphatic carbocycles. The van der Waals surface area contributed by atoms with Crippen LogP contribution in [0.4, 0.5) is 5.69 Å². The van der Waals surface area contributed by atoms with Gasteiger partial charge in [-0.15, -0.1) is 0 Å². The van der Waals surface area contributed by atoms with E-state index in [9.17, 15) is 24.9 Å². The predicted molar refractivity (Wildman–Crippen MR) is 113 cm³/mol. The van der Waals surface area contributed by atoms with E-state index in [2.05, 4.69) is 4.90 Å².